The number of allylic oxidation sites excluding steroid dienone is 5. The fourth-order valence-electron chi connectivity index (χ4n) is 4.07. The van der Waals surface area contributed by atoms with Crippen LogP contribution in [0.2, 0.25) is 0 Å². The third-order valence-corrected chi connectivity index (χ3v) is 5.89. The summed E-state index contributed by atoms with van der Waals surface area (Å²) in [6.45, 7) is 19.0. The molecule has 1 aliphatic rings. The minimum Gasteiger partial charge on any atom is -0.344 e. The molecular formula is C31H60N2. The van der Waals surface area contributed by atoms with E-state index >= 15 is 0 Å². The number of aryl methyl sites for hydroxylation is 1. The minimum absolute atomic E-state index is 0. The minimum atomic E-state index is 0. The first-order valence-electron chi connectivity index (χ1n) is 12.7. The summed E-state index contributed by atoms with van der Waals surface area (Å²) in [4.78, 5) is 0. The molecule has 0 bridgehead atoms. The van der Waals surface area contributed by atoms with Crippen molar-refractivity contribution in [2.45, 2.75) is 93.4 Å². The average molecular weight is 461 g/mol. The molecule has 0 aliphatic heterocycles. The fourth-order valence-corrected chi connectivity index (χ4v) is 4.07. The molecule has 1 aromatic carbocycles. The van der Waals surface area contributed by atoms with Crippen molar-refractivity contribution in [1.29, 1.82) is 0 Å². The number of hydrogen-bond acceptors (Lipinski definition) is 2. The van der Waals surface area contributed by atoms with Crippen LogP contribution >= 0.6 is 0 Å². The van der Waals surface area contributed by atoms with E-state index in [1.807, 2.05) is 26.8 Å². The molecule has 1 unspecified atom stereocenters. The first kappa shape index (κ1) is 33.3. The molecule has 2 nitrogen and oxygen atoms in total. The number of nitrogens with two attached hydrogens (primary N) is 1. The average Bonchev–Trinajstić information content (AvgIpc) is 2.78. The van der Waals surface area contributed by atoms with E-state index in [9.17, 15) is 0 Å². The Morgan fingerprint density at radius 1 is 1.12 bits per heavy atom. The Kier molecular flexibility index (Phi) is 20.9. The lowest BCUT2D eigenvalue weighted by Crippen LogP contribution is -2.18. The van der Waals surface area contributed by atoms with Crippen LogP contribution in [0.25, 0.3) is 5.57 Å². The summed E-state index contributed by atoms with van der Waals surface area (Å²) in [6, 6.07) is 8.55. The molecule has 0 spiro atoms. The van der Waals surface area contributed by atoms with Crippen LogP contribution < -0.4 is 11.9 Å². The number of rotatable bonds is 7. The molecule has 5 N–H and O–H groups in total. The second-order valence-electron chi connectivity index (χ2n) is 9.23. The second kappa shape index (κ2) is 20.7. The summed E-state index contributed by atoms with van der Waals surface area (Å²) in [7, 11) is 0. The first-order chi connectivity index (χ1) is 15.3. The van der Waals surface area contributed by atoms with Crippen LogP contribution in [0.15, 0.2) is 66.3 Å². The van der Waals surface area contributed by atoms with Gasteiger partial charge in [-0.2, -0.15) is 0 Å². The van der Waals surface area contributed by atoms with Crippen molar-refractivity contribution < 1.29 is 4.28 Å². The Hall–Kier alpha value is -1.90. The van der Waals surface area contributed by atoms with E-state index in [4.69, 9.17) is 5.73 Å². The van der Waals surface area contributed by atoms with Gasteiger partial charge in [0.1, 0.15) is 0 Å². The monoisotopic (exact) mass is 460 g/mol. The maximum Gasteiger partial charge on any atom is 0.0174 e. The smallest absolute Gasteiger partial charge is 0.0174 e. The van der Waals surface area contributed by atoms with Gasteiger partial charge in [-0.1, -0.05) is 112 Å². The van der Waals surface area contributed by atoms with Crippen molar-refractivity contribution in [2.24, 2.45) is 17.6 Å². The lowest BCUT2D eigenvalue weighted by Gasteiger charge is -2.22. The maximum atomic E-state index is 6.06. The maximum absolute atomic E-state index is 6.06. The molecular weight excluding hydrogens is 400 g/mol. The lowest BCUT2D eigenvalue weighted by molar-refractivity contribution is 0.349. The van der Waals surface area contributed by atoms with Crippen LogP contribution in [-0.2, 0) is 0 Å². The van der Waals surface area contributed by atoms with Gasteiger partial charge in [-0.25, -0.2) is 0 Å². The van der Waals surface area contributed by atoms with Crippen molar-refractivity contribution in [1.82, 2.24) is 6.15 Å². The van der Waals surface area contributed by atoms with Crippen molar-refractivity contribution in [2.75, 3.05) is 6.54 Å². The normalized spacial score (nSPS) is 15.5. The molecule has 0 aromatic heterocycles. The summed E-state index contributed by atoms with van der Waals surface area (Å²) in [6.07, 6.45) is 18.6. The molecule has 1 saturated carbocycles. The van der Waals surface area contributed by atoms with Crippen LogP contribution in [0, 0.1) is 18.8 Å². The highest BCUT2D eigenvalue weighted by Gasteiger charge is 2.17. The van der Waals surface area contributed by atoms with E-state index in [1.54, 1.807) is 0 Å². The van der Waals surface area contributed by atoms with E-state index in [0.717, 1.165) is 12.3 Å². The largest absolute Gasteiger partial charge is 0.344 e. The number of hydrogen-bond donors (Lipinski definition) is 2. The topological polar surface area (TPSA) is 61.0 Å². The summed E-state index contributed by atoms with van der Waals surface area (Å²) in [5.74, 6) is 1.37. The predicted molar refractivity (Wildman–Crippen MR) is 159 cm³/mol. The summed E-state index contributed by atoms with van der Waals surface area (Å²) in [5, 5.41) is 0. The molecule has 2 heteroatoms. The highest BCUT2D eigenvalue weighted by atomic mass is 14.6. The van der Waals surface area contributed by atoms with Gasteiger partial charge in [0.05, 0.1) is 0 Å². The first-order valence-corrected chi connectivity index (χ1v) is 12.7. The van der Waals surface area contributed by atoms with E-state index in [-0.39, 0.29) is 16.3 Å². The third-order valence-electron chi connectivity index (χ3n) is 5.89. The van der Waals surface area contributed by atoms with Gasteiger partial charge in [0.15, 0.2) is 0 Å². The van der Waals surface area contributed by atoms with Gasteiger partial charge >= 0.3 is 0 Å². The van der Waals surface area contributed by atoms with Crippen LogP contribution in [0.1, 0.15) is 102 Å². The van der Waals surface area contributed by atoms with Crippen molar-refractivity contribution in [3.63, 3.8) is 0 Å². The number of benzene rings is 1. The fraction of sp³-hybridized carbons (Fsp3) is 0.548. The molecule has 1 aromatic rings. The van der Waals surface area contributed by atoms with Crippen LogP contribution in [0.3, 0.4) is 0 Å². The molecule has 194 valence electrons. The van der Waals surface area contributed by atoms with Gasteiger partial charge in [-0.3, -0.25) is 0 Å². The third kappa shape index (κ3) is 14.8. The van der Waals surface area contributed by atoms with Crippen LogP contribution in [-0.4, -0.2) is 6.54 Å². The van der Waals surface area contributed by atoms with E-state index in [2.05, 4.69) is 76.8 Å². The zero-order valence-corrected chi connectivity index (χ0v) is 22.9. The zero-order chi connectivity index (χ0) is 24.4. The highest BCUT2D eigenvalue weighted by molar-refractivity contribution is 5.72. The molecule has 0 saturated heterocycles. The Bertz CT molecular complexity index is 729. The summed E-state index contributed by atoms with van der Waals surface area (Å²) < 4.78 is 0. The van der Waals surface area contributed by atoms with Gasteiger partial charge < -0.3 is 11.9 Å². The predicted octanol–water partition coefficient (Wildman–Crippen LogP) is 10.3. The highest BCUT2D eigenvalue weighted by Crippen LogP contribution is 2.31. The zero-order valence-electron chi connectivity index (χ0n) is 22.9. The molecule has 0 heterocycles. The van der Waals surface area contributed by atoms with E-state index in [0.29, 0.717) is 6.54 Å². The van der Waals surface area contributed by atoms with Crippen LogP contribution in [0.4, 0.5) is 0 Å². The Balaban J connectivity index is -0.000000168. The molecule has 2 rings (SSSR count). The molecule has 33 heavy (non-hydrogen) atoms. The van der Waals surface area contributed by atoms with Crippen molar-refractivity contribution in [3.05, 3.63) is 77.4 Å². The molecule has 0 radical (unpaired) electrons. The van der Waals surface area contributed by atoms with Gasteiger partial charge in [0.25, 0.3) is 0 Å². The van der Waals surface area contributed by atoms with Gasteiger partial charge in [0, 0.05) is 16.7 Å². The summed E-state index contributed by atoms with van der Waals surface area (Å²) >= 11 is 0. The molecule has 1 fully saturated rings. The van der Waals surface area contributed by atoms with Gasteiger partial charge in [0.2, 0.25) is 0 Å². The Morgan fingerprint density at radius 3 is 2.12 bits per heavy atom. The van der Waals surface area contributed by atoms with E-state index in [1.165, 1.54) is 66.4 Å². The lowest BCUT2D eigenvalue weighted by atomic mass is 9.84. The Morgan fingerprint density at radius 2 is 1.70 bits per heavy atom. The molecule has 0 amide bonds. The second-order valence-corrected chi connectivity index (χ2v) is 9.23. The van der Waals surface area contributed by atoms with Gasteiger partial charge in [-0.05, 0) is 63.7 Å². The van der Waals surface area contributed by atoms with Crippen LogP contribution in [0.5, 0.6) is 0 Å². The SMILES string of the molecule is C/C=C\C=C(/C)C(CN)/C(=C/CC)c1ccccc1C.C=C(C)C.CCC1CCCCC1.N.[HH].[HH].[HH]. The summed E-state index contributed by atoms with van der Waals surface area (Å²) in [5.41, 5.74) is 12.5. The van der Waals surface area contributed by atoms with Crippen molar-refractivity contribution in [3.8, 4) is 0 Å². The molecule has 1 atom stereocenters. The van der Waals surface area contributed by atoms with Gasteiger partial charge in [-0.15, -0.1) is 6.58 Å². The standard InChI is InChI=1S/C19H27N.C8H16.C4H8.H3N.3H2/c1-5-7-11-16(4)19(14-20)18(10-6-2)17-13-9-8-12-15(17)3;1-2-8-6-4-3-5-7-8;1-4(2)3;;;;/h5,7-13,19H,6,14,20H2,1-4H3;8H,2-7H2,1H3;1H2,2-3H3;1H3;3*1H/b7-5-,16-11+,18-10+;;;;;;. The Labute approximate surface area is 211 Å². The molecule has 1 aliphatic carbocycles. The van der Waals surface area contributed by atoms with E-state index < -0.39 is 0 Å². The van der Waals surface area contributed by atoms with Crippen molar-refractivity contribution >= 4 is 5.57 Å². The quantitative estimate of drug-likeness (QED) is 0.314.